The second-order valence-electron chi connectivity index (χ2n) is 10.6. The average Bonchev–Trinajstić information content (AvgIpc) is 3.39. The normalized spacial score (nSPS) is 16.8. The first-order valence-corrected chi connectivity index (χ1v) is 13.9. The predicted octanol–water partition coefficient (Wildman–Crippen LogP) is 8.29. The van der Waals surface area contributed by atoms with Crippen molar-refractivity contribution >= 4 is 45.6 Å². The molecule has 4 nitrogen and oxygen atoms in total. The quantitative estimate of drug-likeness (QED) is 0.340. The molecule has 1 heterocycles. The van der Waals surface area contributed by atoms with Gasteiger partial charge in [0.15, 0.2) is 5.78 Å². The minimum atomic E-state index is 0.0754. The van der Waals surface area contributed by atoms with Gasteiger partial charge in [0.05, 0.1) is 16.8 Å². The topological polar surface area (TPSA) is 59.2 Å². The molecule has 192 valence electrons. The lowest BCUT2D eigenvalue weighted by atomic mass is 9.89. The van der Waals surface area contributed by atoms with Crippen LogP contribution in [0.3, 0.4) is 0 Å². The number of nitrogens with zero attached hydrogens (tertiary/aromatic N) is 2. The van der Waals surface area contributed by atoms with Gasteiger partial charge in [-0.05, 0) is 87.2 Å². The lowest BCUT2D eigenvalue weighted by Gasteiger charge is -2.24. The molecule has 0 amide bonds. The van der Waals surface area contributed by atoms with Crippen LogP contribution in [0.4, 0.5) is 5.69 Å². The van der Waals surface area contributed by atoms with Crippen LogP contribution < -0.4 is 5.73 Å². The van der Waals surface area contributed by atoms with E-state index in [4.69, 9.17) is 28.9 Å². The van der Waals surface area contributed by atoms with Gasteiger partial charge in [0.1, 0.15) is 0 Å². The summed E-state index contributed by atoms with van der Waals surface area (Å²) >= 11 is 12.2. The molecule has 0 unspecified atom stereocenters. The Hall–Kier alpha value is -2.14. The number of rotatable bonds is 5. The summed E-state index contributed by atoms with van der Waals surface area (Å²) < 4.78 is 0. The monoisotopic (exact) mass is 525 g/mol. The number of halogens is 2. The van der Waals surface area contributed by atoms with Gasteiger partial charge in [-0.3, -0.25) is 9.78 Å². The Balaban J connectivity index is 0.000000256. The fraction of sp³-hybridized carbons (Fsp3) is 0.467. The van der Waals surface area contributed by atoms with Gasteiger partial charge in [-0.25, -0.2) is 0 Å². The lowest BCUT2D eigenvalue weighted by Crippen LogP contribution is -2.23. The van der Waals surface area contributed by atoms with Crippen LogP contribution in [-0.2, 0) is 0 Å². The number of aromatic nitrogens is 1. The summed E-state index contributed by atoms with van der Waals surface area (Å²) in [6, 6.07) is 11.2. The molecule has 0 atom stereocenters. The molecule has 2 aromatic carbocycles. The van der Waals surface area contributed by atoms with Crippen LogP contribution in [-0.4, -0.2) is 36.3 Å². The number of nitrogens with two attached hydrogens (primary N) is 1. The molecule has 2 N–H and O–H groups in total. The van der Waals surface area contributed by atoms with Crippen LogP contribution >= 0.6 is 23.2 Å². The summed E-state index contributed by atoms with van der Waals surface area (Å²) in [6.45, 7) is 1.31. The van der Waals surface area contributed by atoms with Gasteiger partial charge in [-0.2, -0.15) is 0 Å². The van der Waals surface area contributed by atoms with Crippen molar-refractivity contribution in [1.29, 1.82) is 0 Å². The maximum absolute atomic E-state index is 12.8. The number of pyridine rings is 1. The number of hydrogen-bond acceptors (Lipinski definition) is 4. The summed E-state index contributed by atoms with van der Waals surface area (Å²) in [4.78, 5) is 19.6. The Morgan fingerprint density at radius 3 is 2.19 bits per heavy atom. The van der Waals surface area contributed by atoms with E-state index in [9.17, 15) is 4.79 Å². The molecular weight excluding hydrogens is 489 g/mol. The summed E-state index contributed by atoms with van der Waals surface area (Å²) in [5, 5.41) is 1.93. The zero-order valence-electron chi connectivity index (χ0n) is 21.4. The average molecular weight is 527 g/mol. The Morgan fingerprint density at radius 1 is 0.917 bits per heavy atom. The molecule has 2 aliphatic rings. The first kappa shape index (κ1) is 26.9. The van der Waals surface area contributed by atoms with Crippen molar-refractivity contribution < 1.29 is 4.79 Å². The van der Waals surface area contributed by atoms with E-state index in [2.05, 4.69) is 24.0 Å². The van der Waals surface area contributed by atoms with Gasteiger partial charge in [0.25, 0.3) is 0 Å². The van der Waals surface area contributed by atoms with Gasteiger partial charge in [0, 0.05) is 34.1 Å². The minimum absolute atomic E-state index is 0.0754. The number of anilines is 1. The Bertz CT molecular complexity index is 1180. The van der Waals surface area contributed by atoms with Crippen LogP contribution in [0.5, 0.6) is 0 Å². The molecule has 0 saturated heterocycles. The zero-order valence-corrected chi connectivity index (χ0v) is 22.9. The van der Waals surface area contributed by atoms with E-state index in [1.807, 2.05) is 30.3 Å². The van der Waals surface area contributed by atoms with Gasteiger partial charge < -0.3 is 10.6 Å². The maximum Gasteiger partial charge on any atom is 0.169 e. The predicted molar refractivity (Wildman–Crippen MR) is 153 cm³/mol. The van der Waals surface area contributed by atoms with Crippen LogP contribution in [0.1, 0.15) is 68.1 Å². The van der Waals surface area contributed by atoms with Crippen molar-refractivity contribution in [2.75, 3.05) is 26.4 Å². The van der Waals surface area contributed by atoms with E-state index in [1.54, 1.807) is 12.3 Å². The summed E-state index contributed by atoms with van der Waals surface area (Å²) in [5.74, 6) is 1.20. The number of hydrogen-bond donors (Lipinski definition) is 1. The largest absolute Gasteiger partial charge is 0.398 e. The van der Waals surface area contributed by atoms with Crippen LogP contribution in [0.25, 0.3) is 22.0 Å². The molecule has 2 fully saturated rings. The van der Waals surface area contributed by atoms with E-state index in [-0.39, 0.29) is 11.7 Å². The summed E-state index contributed by atoms with van der Waals surface area (Å²) in [5.41, 5.74) is 10.0. The zero-order chi connectivity index (χ0) is 25.7. The van der Waals surface area contributed by atoms with Gasteiger partial charge in [0.2, 0.25) is 0 Å². The first-order chi connectivity index (χ1) is 17.3. The van der Waals surface area contributed by atoms with Crippen molar-refractivity contribution in [3.63, 3.8) is 0 Å². The van der Waals surface area contributed by atoms with Crippen LogP contribution in [0.2, 0.25) is 10.0 Å². The number of nitrogen functional groups attached to an aromatic ring is 1. The molecule has 0 spiro atoms. The van der Waals surface area contributed by atoms with Gasteiger partial charge >= 0.3 is 0 Å². The molecule has 1 aromatic heterocycles. The second-order valence-corrected chi connectivity index (χ2v) is 11.5. The molecule has 2 saturated carbocycles. The van der Waals surface area contributed by atoms with Crippen molar-refractivity contribution in [2.24, 2.45) is 11.8 Å². The van der Waals surface area contributed by atoms with Crippen molar-refractivity contribution in [2.45, 2.75) is 57.8 Å². The Morgan fingerprint density at radius 2 is 1.56 bits per heavy atom. The SMILES string of the molecule is CN(C)CC1CCCCC1.Nc1c(C(=O)C2CCCC2)cnc2ccc(-c3cc(Cl)cc(Cl)c3)cc12. The molecule has 0 radical (unpaired) electrons. The maximum atomic E-state index is 12.8. The van der Waals surface area contributed by atoms with E-state index < -0.39 is 0 Å². The van der Waals surface area contributed by atoms with Crippen LogP contribution in [0, 0.1) is 11.8 Å². The van der Waals surface area contributed by atoms with E-state index >= 15 is 0 Å². The highest BCUT2D eigenvalue weighted by molar-refractivity contribution is 6.35. The number of benzene rings is 2. The molecule has 36 heavy (non-hydrogen) atoms. The number of fused-ring (bicyclic) bond motifs is 1. The van der Waals surface area contributed by atoms with Crippen LogP contribution in [0.15, 0.2) is 42.6 Å². The summed E-state index contributed by atoms with van der Waals surface area (Å²) in [6.07, 6.45) is 13.1. The highest BCUT2D eigenvalue weighted by Crippen LogP contribution is 2.34. The molecular formula is C30H37Cl2N3O. The minimum Gasteiger partial charge on any atom is -0.398 e. The number of ketones is 1. The highest BCUT2D eigenvalue weighted by atomic mass is 35.5. The molecule has 2 aliphatic carbocycles. The number of carbonyl (C=O) groups is 1. The summed E-state index contributed by atoms with van der Waals surface area (Å²) in [7, 11) is 4.35. The van der Waals surface area contributed by atoms with Crippen molar-refractivity contribution in [3.05, 3.63) is 58.2 Å². The smallest absolute Gasteiger partial charge is 0.169 e. The Labute approximate surface area is 225 Å². The van der Waals surface area contributed by atoms with Gasteiger partial charge in [-0.15, -0.1) is 0 Å². The first-order valence-electron chi connectivity index (χ1n) is 13.2. The third-order valence-electron chi connectivity index (χ3n) is 7.45. The van der Waals surface area contributed by atoms with E-state index in [1.165, 1.54) is 38.6 Å². The van der Waals surface area contributed by atoms with E-state index in [0.29, 0.717) is 21.3 Å². The molecule has 0 aliphatic heterocycles. The lowest BCUT2D eigenvalue weighted by molar-refractivity contribution is 0.0923. The van der Waals surface area contributed by atoms with E-state index in [0.717, 1.165) is 53.6 Å². The number of Topliss-reactive ketones (excluding diaryl/α,β-unsaturated/α-hetero) is 1. The highest BCUT2D eigenvalue weighted by Gasteiger charge is 2.26. The molecule has 5 rings (SSSR count). The second kappa shape index (κ2) is 12.4. The van der Waals surface area contributed by atoms with Gasteiger partial charge in [-0.1, -0.05) is 61.4 Å². The number of carbonyl (C=O) groups excluding carboxylic acids is 1. The standard InChI is InChI=1S/C21H18Cl2N2O.C9H19N/c22-15-7-14(8-16(23)10-15)13-5-6-19-17(9-13)20(24)18(11-25-19)21(26)12-3-1-2-4-12;1-10(2)8-9-6-4-3-5-7-9/h5-12H,1-4H2,(H2,24,25);9H,3-8H2,1-2H3. The Kier molecular flexibility index (Phi) is 9.27. The van der Waals surface area contributed by atoms with Crippen molar-refractivity contribution in [3.8, 4) is 11.1 Å². The third-order valence-corrected chi connectivity index (χ3v) is 7.88. The fourth-order valence-corrected chi connectivity index (χ4v) is 6.13. The van der Waals surface area contributed by atoms with Crippen molar-refractivity contribution in [1.82, 2.24) is 9.88 Å². The molecule has 6 heteroatoms. The fourth-order valence-electron chi connectivity index (χ4n) is 5.60. The molecule has 3 aromatic rings. The molecule has 0 bridgehead atoms. The third kappa shape index (κ3) is 6.79.